The average molecular weight is 282 g/mol. The zero-order valence-electron chi connectivity index (χ0n) is 12.7. The molecule has 0 aromatic heterocycles. The average Bonchev–Trinajstić information content (AvgIpc) is 2.37. The van der Waals surface area contributed by atoms with Gasteiger partial charge in [0, 0.05) is 31.8 Å². The summed E-state index contributed by atoms with van der Waals surface area (Å²) in [5.74, 6) is -0.131. The highest BCUT2D eigenvalue weighted by atomic mass is 19.1. The van der Waals surface area contributed by atoms with E-state index in [4.69, 9.17) is 4.74 Å². The van der Waals surface area contributed by atoms with Crippen LogP contribution in [0, 0.1) is 5.82 Å². The summed E-state index contributed by atoms with van der Waals surface area (Å²) in [6.07, 6.45) is -0.638. The molecular formula is C15H23FN2O2. The highest BCUT2D eigenvalue weighted by molar-refractivity contribution is 5.80. The van der Waals surface area contributed by atoms with Crippen molar-refractivity contribution >= 4 is 5.91 Å². The first-order valence-electron chi connectivity index (χ1n) is 6.77. The van der Waals surface area contributed by atoms with E-state index in [1.165, 1.54) is 11.0 Å². The zero-order valence-corrected chi connectivity index (χ0v) is 12.7. The lowest BCUT2D eigenvalue weighted by molar-refractivity contribution is -0.135. The van der Waals surface area contributed by atoms with Crippen LogP contribution in [0.4, 0.5) is 4.39 Å². The fourth-order valence-corrected chi connectivity index (χ4v) is 1.97. The minimum Gasteiger partial charge on any atom is -0.481 e. The third-order valence-electron chi connectivity index (χ3n) is 3.05. The first-order valence-corrected chi connectivity index (χ1v) is 6.77. The predicted molar refractivity (Wildman–Crippen MR) is 77.3 cm³/mol. The Morgan fingerprint density at radius 2 is 2.05 bits per heavy atom. The molecule has 0 fully saturated rings. The van der Waals surface area contributed by atoms with Gasteiger partial charge in [0.1, 0.15) is 11.6 Å². The number of halogens is 1. The topological polar surface area (TPSA) is 41.6 Å². The van der Waals surface area contributed by atoms with Crippen LogP contribution in [0.1, 0.15) is 32.4 Å². The second-order valence-electron chi connectivity index (χ2n) is 4.96. The molecule has 1 aromatic rings. The Kier molecular flexibility index (Phi) is 5.95. The third-order valence-corrected chi connectivity index (χ3v) is 3.05. The highest BCUT2D eigenvalue weighted by Crippen LogP contribution is 2.22. The second kappa shape index (κ2) is 7.24. The maximum atomic E-state index is 14.0. The Morgan fingerprint density at radius 1 is 1.40 bits per heavy atom. The number of amides is 1. The normalized spacial score (nSPS) is 13.7. The SMILES string of the molecule is CCNC(C)c1ccc(OC(C)C(=O)N(C)C)cc1F. The lowest BCUT2D eigenvalue weighted by atomic mass is 10.1. The van der Waals surface area contributed by atoms with Gasteiger partial charge < -0.3 is 15.0 Å². The number of likely N-dealkylation sites (N-methyl/N-ethyl adjacent to an activating group) is 1. The van der Waals surface area contributed by atoms with Crippen molar-refractivity contribution < 1.29 is 13.9 Å². The Hall–Kier alpha value is -1.62. The second-order valence-corrected chi connectivity index (χ2v) is 4.96. The summed E-state index contributed by atoms with van der Waals surface area (Å²) in [7, 11) is 3.31. The van der Waals surface area contributed by atoms with Gasteiger partial charge in [0.25, 0.3) is 5.91 Å². The summed E-state index contributed by atoms with van der Waals surface area (Å²) in [6.45, 7) is 6.30. The maximum absolute atomic E-state index is 14.0. The number of rotatable bonds is 6. The number of carbonyl (C=O) groups is 1. The summed E-state index contributed by atoms with van der Waals surface area (Å²) in [4.78, 5) is 13.1. The van der Waals surface area contributed by atoms with E-state index < -0.39 is 6.10 Å². The van der Waals surface area contributed by atoms with Crippen LogP contribution in [0.25, 0.3) is 0 Å². The lowest BCUT2D eigenvalue weighted by Crippen LogP contribution is -2.35. The minimum absolute atomic E-state index is 0.0603. The van der Waals surface area contributed by atoms with Gasteiger partial charge in [0.05, 0.1) is 0 Å². The molecule has 0 radical (unpaired) electrons. The van der Waals surface area contributed by atoms with Gasteiger partial charge in [0.2, 0.25) is 0 Å². The molecule has 0 aliphatic carbocycles. The van der Waals surface area contributed by atoms with E-state index in [-0.39, 0.29) is 17.8 Å². The first-order chi connectivity index (χ1) is 9.36. The van der Waals surface area contributed by atoms with Crippen LogP contribution < -0.4 is 10.1 Å². The standard InChI is InChI=1S/C15H23FN2O2/c1-6-17-10(2)13-8-7-12(9-14(13)16)20-11(3)15(19)18(4)5/h7-11,17H,6H2,1-5H3. The van der Waals surface area contributed by atoms with E-state index >= 15 is 0 Å². The van der Waals surface area contributed by atoms with Crippen molar-refractivity contribution in [1.82, 2.24) is 10.2 Å². The third kappa shape index (κ3) is 4.20. The van der Waals surface area contributed by atoms with Crippen LogP contribution in [-0.2, 0) is 4.79 Å². The summed E-state index contributed by atoms with van der Waals surface area (Å²) < 4.78 is 19.5. The quantitative estimate of drug-likeness (QED) is 0.871. The number of ether oxygens (including phenoxy) is 1. The van der Waals surface area contributed by atoms with E-state index in [9.17, 15) is 9.18 Å². The van der Waals surface area contributed by atoms with E-state index in [0.29, 0.717) is 11.3 Å². The van der Waals surface area contributed by atoms with Crippen LogP contribution in [0.2, 0.25) is 0 Å². The smallest absolute Gasteiger partial charge is 0.262 e. The Bertz CT molecular complexity index is 463. The van der Waals surface area contributed by atoms with Crippen molar-refractivity contribution in [3.05, 3.63) is 29.6 Å². The Morgan fingerprint density at radius 3 is 2.55 bits per heavy atom. The summed E-state index contributed by atoms with van der Waals surface area (Å²) in [5, 5.41) is 3.15. The molecule has 112 valence electrons. The zero-order chi connectivity index (χ0) is 15.3. The number of benzene rings is 1. The van der Waals surface area contributed by atoms with Gasteiger partial charge in [-0.1, -0.05) is 13.0 Å². The molecule has 0 saturated heterocycles. The van der Waals surface area contributed by atoms with Gasteiger partial charge in [-0.2, -0.15) is 0 Å². The fraction of sp³-hybridized carbons (Fsp3) is 0.533. The molecule has 0 aliphatic rings. The van der Waals surface area contributed by atoms with Crippen molar-refractivity contribution in [2.24, 2.45) is 0 Å². The summed E-state index contributed by atoms with van der Waals surface area (Å²) >= 11 is 0. The molecule has 1 N–H and O–H groups in total. The van der Waals surface area contributed by atoms with Crippen LogP contribution in [0.5, 0.6) is 5.75 Å². The van der Waals surface area contributed by atoms with Crippen LogP contribution in [0.15, 0.2) is 18.2 Å². The van der Waals surface area contributed by atoms with Gasteiger partial charge >= 0.3 is 0 Å². The molecule has 4 nitrogen and oxygen atoms in total. The molecule has 1 amide bonds. The number of hydrogen-bond donors (Lipinski definition) is 1. The van der Waals surface area contributed by atoms with E-state index in [0.717, 1.165) is 6.54 Å². The van der Waals surface area contributed by atoms with Crippen molar-refractivity contribution in [1.29, 1.82) is 0 Å². The molecule has 2 atom stereocenters. The fourth-order valence-electron chi connectivity index (χ4n) is 1.97. The molecule has 1 aromatic carbocycles. The summed E-state index contributed by atoms with van der Waals surface area (Å²) in [5.41, 5.74) is 0.589. The monoisotopic (exact) mass is 282 g/mol. The van der Waals surface area contributed by atoms with Crippen molar-refractivity contribution in [2.45, 2.75) is 32.9 Å². The van der Waals surface area contributed by atoms with Gasteiger partial charge in [-0.25, -0.2) is 4.39 Å². The largest absolute Gasteiger partial charge is 0.481 e. The lowest BCUT2D eigenvalue weighted by Gasteiger charge is -2.19. The molecule has 20 heavy (non-hydrogen) atoms. The van der Waals surface area contributed by atoms with E-state index in [1.54, 1.807) is 33.2 Å². The Labute approximate surface area is 119 Å². The van der Waals surface area contributed by atoms with E-state index in [1.807, 2.05) is 13.8 Å². The number of hydrogen-bond acceptors (Lipinski definition) is 3. The number of nitrogens with one attached hydrogen (secondary N) is 1. The molecule has 0 saturated carbocycles. The molecular weight excluding hydrogens is 259 g/mol. The van der Waals surface area contributed by atoms with Gasteiger partial charge in [-0.15, -0.1) is 0 Å². The van der Waals surface area contributed by atoms with Gasteiger partial charge in [0.15, 0.2) is 6.10 Å². The number of nitrogens with zero attached hydrogens (tertiary/aromatic N) is 1. The molecule has 0 spiro atoms. The number of carbonyl (C=O) groups excluding carboxylic acids is 1. The van der Waals surface area contributed by atoms with Gasteiger partial charge in [-0.3, -0.25) is 4.79 Å². The first kappa shape index (κ1) is 16.4. The Balaban J connectivity index is 2.80. The molecule has 1 rings (SSSR count). The summed E-state index contributed by atoms with van der Waals surface area (Å²) in [6, 6.07) is 4.63. The molecule has 2 unspecified atom stereocenters. The van der Waals surface area contributed by atoms with Crippen molar-refractivity contribution in [3.63, 3.8) is 0 Å². The van der Waals surface area contributed by atoms with Gasteiger partial charge in [-0.05, 0) is 26.5 Å². The van der Waals surface area contributed by atoms with Crippen LogP contribution >= 0.6 is 0 Å². The minimum atomic E-state index is -0.638. The maximum Gasteiger partial charge on any atom is 0.262 e. The highest BCUT2D eigenvalue weighted by Gasteiger charge is 2.17. The van der Waals surface area contributed by atoms with Crippen LogP contribution in [0.3, 0.4) is 0 Å². The van der Waals surface area contributed by atoms with Crippen molar-refractivity contribution in [3.8, 4) is 5.75 Å². The predicted octanol–water partition coefficient (Wildman–Crippen LogP) is 2.35. The van der Waals surface area contributed by atoms with Crippen LogP contribution in [-0.4, -0.2) is 37.6 Å². The van der Waals surface area contributed by atoms with Crippen molar-refractivity contribution in [2.75, 3.05) is 20.6 Å². The van der Waals surface area contributed by atoms with E-state index in [2.05, 4.69) is 5.32 Å². The molecule has 0 bridgehead atoms. The molecule has 0 heterocycles. The molecule has 0 aliphatic heterocycles. The molecule has 5 heteroatoms.